The van der Waals surface area contributed by atoms with Crippen molar-refractivity contribution in [2.45, 2.75) is 38.6 Å². The number of nitrogens with one attached hydrogen (secondary N) is 1. The number of aromatic nitrogens is 2. The Balaban J connectivity index is 1.92. The third-order valence-electron chi connectivity index (χ3n) is 3.65. The van der Waals surface area contributed by atoms with Crippen molar-refractivity contribution < 1.29 is 4.74 Å². The summed E-state index contributed by atoms with van der Waals surface area (Å²) in [6, 6.07) is 0.627. The van der Waals surface area contributed by atoms with Crippen molar-refractivity contribution in [2.75, 3.05) is 25.6 Å². The van der Waals surface area contributed by atoms with Crippen LogP contribution >= 0.6 is 0 Å². The van der Waals surface area contributed by atoms with Gasteiger partial charge < -0.3 is 14.6 Å². The zero-order valence-electron chi connectivity index (χ0n) is 10.9. The van der Waals surface area contributed by atoms with Crippen molar-refractivity contribution >= 4 is 5.95 Å². The van der Waals surface area contributed by atoms with E-state index in [-0.39, 0.29) is 0 Å². The van der Waals surface area contributed by atoms with Crippen LogP contribution < -0.4 is 5.32 Å². The lowest BCUT2D eigenvalue weighted by Gasteiger charge is -2.20. The Morgan fingerprint density at radius 3 is 3.12 bits per heavy atom. The molecule has 0 radical (unpaired) electrons. The highest BCUT2D eigenvalue weighted by molar-refractivity contribution is 5.26. The Hall–Kier alpha value is -1.03. The van der Waals surface area contributed by atoms with Gasteiger partial charge >= 0.3 is 0 Å². The molecule has 0 bridgehead atoms. The van der Waals surface area contributed by atoms with E-state index in [1.54, 1.807) is 7.11 Å². The molecule has 1 aromatic rings. The largest absolute Gasteiger partial charge is 0.385 e. The van der Waals surface area contributed by atoms with Gasteiger partial charge in [0.2, 0.25) is 5.95 Å². The minimum Gasteiger partial charge on any atom is -0.385 e. The predicted octanol–water partition coefficient (Wildman–Crippen LogP) is 2.69. The lowest BCUT2D eigenvalue weighted by atomic mass is 10.1. The Bertz CT molecular complexity index is 337. The maximum atomic E-state index is 5.04. The fourth-order valence-corrected chi connectivity index (χ4v) is 2.67. The average molecular weight is 237 g/mol. The molecular formula is C13H23N3O. The van der Waals surface area contributed by atoms with E-state index in [1.165, 1.54) is 19.3 Å². The van der Waals surface area contributed by atoms with E-state index in [4.69, 9.17) is 4.74 Å². The van der Waals surface area contributed by atoms with Crippen molar-refractivity contribution in [1.82, 2.24) is 9.55 Å². The van der Waals surface area contributed by atoms with E-state index < -0.39 is 0 Å². The van der Waals surface area contributed by atoms with Gasteiger partial charge in [-0.15, -0.1) is 0 Å². The summed E-state index contributed by atoms with van der Waals surface area (Å²) in [6.45, 7) is 4.06. The lowest BCUT2D eigenvalue weighted by molar-refractivity contribution is 0.197. The van der Waals surface area contributed by atoms with Gasteiger partial charge in [-0.3, -0.25) is 0 Å². The van der Waals surface area contributed by atoms with Crippen molar-refractivity contribution in [1.29, 1.82) is 0 Å². The molecule has 0 amide bonds. The van der Waals surface area contributed by atoms with Gasteiger partial charge in [0.1, 0.15) is 0 Å². The average Bonchev–Trinajstić information content (AvgIpc) is 2.93. The zero-order valence-corrected chi connectivity index (χ0v) is 10.9. The molecule has 1 N–H and O–H groups in total. The maximum absolute atomic E-state index is 5.04. The van der Waals surface area contributed by atoms with E-state index >= 15 is 0 Å². The Labute approximate surface area is 103 Å². The third kappa shape index (κ3) is 3.00. The zero-order chi connectivity index (χ0) is 12.1. The summed E-state index contributed by atoms with van der Waals surface area (Å²) in [5, 5.41) is 3.40. The molecule has 4 nitrogen and oxygen atoms in total. The van der Waals surface area contributed by atoms with Crippen LogP contribution in [0.25, 0.3) is 0 Å². The molecule has 4 heteroatoms. The van der Waals surface area contributed by atoms with E-state index in [2.05, 4.69) is 28.0 Å². The first-order valence-electron chi connectivity index (χ1n) is 6.58. The van der Waals surface area contributed by atoms with Gasteiger partial charge in [0.15, 0.2) is 0 Å². The smallest absolute Gasteiger partial charge is 0.203 e. The monoisotopic (exact) mass is 237 g/mol. The molecule has 2 unspecified atom stereocenters. The fourth-order valence-electron chi connectivity index (χ4n) is 2.67. The third-order valence-corrected chi connectivity index (χ3v) is 3.65. The highest BCUT2D eigenvalue weighted by Gasteiger charge is 2.26. The molecule has 2 atom stereocenters. The fraction of sp³-hybridized carbons (Fsp3) is 0.769. The summed E-state index contributed by atoms with van der Waals surface area (Å²) in [4.78, 5) is 4.40. The molecule has 1 aromatic heterocycles. The van der Waals surface area contributed by atoms with Crippen LogP contribution in [0.3, 0.4) is 0 Å². The van der Waals surface area contributed by atoms with Crippen LogP contribution in [-0.2, 0) is 4.74 Å². The molecular weight excluding hydrogens is 214 g/mol. The number of rotatable bonds is 6. The highest BCUT2D eigenvalue weighted by atomic mass is 16.5. The van der Waals surface area contributed by atoms with Crippen LogP contribution in [0, 0.1) is 5.92 Å². The molecule has 0 spiro atoms. The first-order valence-corrected chi connectivity index (χ1v) is 6.58. The molecule has 2 rings (SSSR count). The second-order valence-corrected chi connectivity index (χ2v) is 4.91. The number of nitrogens with zero attached hydrogens (tertiary/aromatic N) is 2. The van der Waals surface area contributed by atoms with E-state index in [1.807, 2.05) is 6.20 Å². The number of imidazole rings is 1. The summed E-state index contributed by atoms with van der Waals surface area (Å²) in [6.07, 6.45) is 8.97. The van der Waals surface area contributed by atoms with Crippen molar-refractivity contribution in [3.8, 4) is 0 Å². The summed E-state index contributed by atoms with van der Waals surface area (Å²) < 4.78 is 7.35. The molecule has 0 saturated heterocycles. The van der Waals surface area contributed by atoms with Gasteiger partial charge in [-0.1, -0.05) is 13.3 Å². The molecule has 1 saturated carbocycles. The predicted molar refractivity (Wildman–Crippen MR) is 69.3 cm³/mol. The maximum Gasteiger partial charge on any atom is 0.203 e. The Morgan fingerprint density at radius 1 is 1.53 bits per heavy atom. The number of hydrogen-bond donors (Lipinski definition) is 1. The molecule has 1 aliphatic rings. The molecule has 1 aliphatic carbocycles. The number of hydrogen-bond acceptors (Lipinski definition) is 3. The van der Waals surface area contributed by atoms with Crippen molar-refractivity contribution in [2.24, 2.45) is 5.92 Å². The van der Waals surface area contributed by atoms with Crippen LogP contribution in [0.4, 0.5) is 5.95 Å². The summed E-state index contributed by atoms with van der Waals surface area (Å²) in [7, 11) is 1.74. The van der Waals surface area contributed by atoms with E-state index in [0.717, 1.165) is 31.4 Å². The Kier molecular flexibility index (Phi) is 4.42. The van der Waals surface area contributed by atoms with Gasteiger partial charge in [0, 0.05) is 38.7 Å². The Morgan fingerprint density at radius 2 is 2.41 bits per heavy atom. The molecule has 1 fully saturated rings. The second-order valence-electron chi connectivity index (χ2n) is 4.91. The van der Waals surface area contributed by atoms with Crippen LogP contribution in [0.5, 0.6) is 0 Å². The minimum atomic E-state index is 0.627. The standard InChI is InChI=1S/C13H23N3O/c1-11-5-3-6-12(11)16-9-8-15-13(16)14-7-4-10-17-2/h8-9,11-12H,3-7,10H2,1-2H3,(H,14,15). The summed E-state index contributed by atoms with van der Waals surface area (Å²) in [5.41, 5.74) is 0. The van der Waals surface area contributed by atoms with Crippen molar-refractivity contribution in [3.05, 3.63) is 12.4 Å². The van der Waals surface area contributed by atoms with E-state index in [0.29, 0.717) is 6.04 Å². The van der Waals surface area contributed by atoms with Gasteiger partial charge in [0.25, 0.3) is 0 Å². The number of methoxy groups -OCH3 is 1. The van der Waals surface area contributed by atoms with Crippen molar-refractivity contribution in [3.63, 3.8) is 0 Å². The molecule has 96 valence electrons. The number of anilines is 1. The second kappa shape index (κ2) is 6.05. The summed E-state index contributed by atoms with van der Waals surface area (Å²) >= 11 is 0. The van der Waals surface area contributed by atoms with Crippen LogP contribution in [0.1, 0.15) is 38.6 Å². The lowest BCUT2D eigenvalue weighted by Crippen LogP contribution is -2.16. The van der Waals surface area contributed by atoms with Gasteiger partial charge in [-0.05, 0) is 25.2 Å². The topological polar surface area (TPSA) is 39.1 Å². The summed E-state index contributed by atoms with van der Waals surface area (Å²) in [5.74, 6) is 1.78. The highest BCUT2D eigenvalue weighted by Crippen LogP contribution is 2.36. The van der Waals surface area contributed by atoms with E-state index in [9.17, 15) is 0 Å². The van der Waals surface area contributed by atoms with Crippen LogP contribution in [-0.4, -0.2) is 29.8 Å². The van der Waals surface area contributed by atoms with Gasteiger partial charge in [0.05, 0.1) is 0 Å². The molecule has 0 aliphatic heterocycles. The van der Waals surface area contributed by atoms with Crippen LogP contribution in [0.2, 0.25) is 0 Å². The molecule has 1 heterocycles. The molecule has 17 heavy (non-hydrogen) atoms. The first kappa shape index (κ1) is 12.4. The van der Waals surface area contributed by atoms with Gasteiger partial charge in [-0.25, -0.2) is 4.98 Å². The quantitative estimate of drug-likeness (QED) is 0.773. The normalized spacial score (nSPS) is 24.1. The number of ether oxygens (including phenoxy) is 1. The van der Waals surface area contributed by atoms with Gasteiger partial charge in [-0.2, -0.15) is 0 Å². The minimum absolute atomic E-state index is 0.627. The first-order chi connectivity index (χ1) is 8.33. The molecule has 0 aromatic carbocycles. The SMILES string of the molecule is COCCCNc1nccn1C1CCCC1C. The van der Waals surface area contributed by atoms with Crippen LogP contribution in [0.15, 0.2) is 12.4 Å².